The maximum absolute atomic E-state index is 13.2. The van der Waals surface area contributed by atoms with E-state index in [0.29, 0.717) is 29.2 Å². The number of methoxy groups -OCH3 is 3. The number of Topliss-reactive ketones (excluding diaryl/α,β-unsaturated/α-hetero) is 1. The number of nitrogens with zero attached hydrogens (tertiary/aromatic N) is 1. The molecule has 0 spiro atoms. The van der Waals surface area contributed by atoms with Crippen LogP contribution in [-0.2, 0) is 11.2 Å². The Labute approximate surface area is 197 Å². The fourth-order valence-corrected chi connectivity index (χ4v) is 4.08. The van der Waals surface area contributed by atoms with Crippen molar-refractivity contribution in [1.82, 2.24) is 4.90 Å². The van der Waals surface area contributed by atoms with Gasteiger partial charge in [0.2, 0.25) is 5.78 Å². The van der Waals surface area contributed by atoms with E-state index in [-0.39, 0.29) is 17.9 Å². The number of hydrogen-bond donors (Lipinski definition) is 1. The zero-order valence-electron chi connectivity index (χ0n) is 19.1. The summed E-state index contributed by atoms with van der Waals surface area (Å²) in [6.45, 7) is 0.254. The van der Waals surface area contributed by atoms with E-state index >= 15 is 0 Å². The highest BCUT2D eigenvalue weighted by molar-refractivity contribution is 6.15. The predicted molar refractivity (Wildman–Crippen MR) is 123 cm³/mol. The van der Waals surface area contributed by atoms with Gasteiger partial charge in [-0.05, 0) is 53.9 Å². The van der Waals surface area contributed by atoms with Crippen LogP contribution in [0.2, 0.25) is 0 Å². The van der Waals surface area contributed by atoms with Crippen molar-refractivity contribution in [2.45, 2.75) is 12.5 Å². The molecule has 8 heteroatoms. The Morgan fingerprint density at radius 3 is 2.35 bits per heavy atom. The topological polar surface area (TPSA) is 98.4 Å². The zero-order chi connectivity index (χ0) is 24.2. The summed E-state index contributed by atoms with van der Waals surface area (Å²) >= 11 is 0. The number of aliphatic hydroxyl groups excluding tert-OH is 1. The summed E-state index contributed by atoms with van der Waals surface area (Å²) in [5, 5.41) is 10.7. The van der Waals surface area contributed by atoms with Crippen molar-refractivity contribution in [2.24, 2.45) is 0 Å². The molecule has 0 saturated carbocycles. The van der Waals surface area contributed by atoms with Crippen LogP contribution in [0.3, 0.4) is 0 Å². The van der Waals surface area contributed by atoms with Crippen molar-refractivity contribution < 1.29 is 33.3 Å². The molecule has 0 fully saturated rings. The largest absolute Gasteiger partial charge is 0.503 e. The third-order valence-electron chi connectivity index (χ3n) is 5.81. The van der Waals surface area contributed by atoms with E-state index in [9.17, 15) is 14.7 Å². The number of carbonyl (C=O) groups is 2. The maximum Gasteiger partial charge on any atom is 0.290 e. The number of aliphatic hydroxyl groups is 1. The molecule has 1 aromatic heterocycles. The van der Waals surface area contributed by atoms with Gasteiger partial charge in [-0.1, -0.05) is 18.2 Å². The molecule has 4 rings (SSSR count). The first-order chi connectivity index (χ1) is 16.5. The summed E-state index contributed by atoms with van der Waals surface area (Å²) in [7, 11) is 4.67. The van der Waals surface area contributed by atoms with E-state index in [4.69, 9.17) is 18.6 Å². The fourth-order valence-electron chi connectivity index (χ4n) is 4.08. The van der Waals surface area contributed by atoms with Crippen molar-refractivity contribution >= 4 is 11.7 Å². The lowest BCUT2D eigenvalue weighted by Gasteiger charge is -2.27. The van der Waals surface area contributed by atoms with Gasteiger partial charge in [-0.2, -0.15) is 0 Å². The summed E-state index contributed by atoms with van der Waals surface area (Å²) in [6.07, 6.45) is 1.84. The second kappa shape index (κ2) is 9.74. The Kier molecular flexibility index (Phi) is 6.58. The molecule has 176 valence electrons. The molecule has 0 unspecified atom stereocenters. The Bertz CT molecular complexity index is 1210. The summed E-state index contributed by atoms with van der Waals surface area (Å²) in [4.78, 5) is 27.8. The van der Waals surface area contributed by atoms with E-state index < -0.39 is 23.5 Å². The highest BCUT2D eigenvalue weighted by Crippen LogP contribution is 2.39. The Morgan fingerprint density at radius 2 is 1.74 bits per heavy atom. The quantitative estimate of drug-likeness (QED) is 0.477. The van der Waals surface area contributed by atoms with Gasteiger partial charge in [0, 0.05) is 6.54 Å². The van der Waals surface area contributed by atoms with Gasteiger partial charge < -0.3 is 28.6 Å². The van der Waals surface area contributed by atoms with Gasteiger partial charge in [0.1, 0.15) is 5.75 Å². The average molecular weight is 463 g/mol. The fraction of sp³-hybridized carbons (Fsp3) is 0.231. The molecule has 0 bridgehead atoms. The zero-order valence-corrected chi connectivity index (χ0v) is 19.1. The van der Waals surface area contributed by atoms with Gasteiger partial charge in [-0.15, -0.1) is 0 Å². The third kappa shape index (κ3) is 4.22. The van der Waals surface area contributed by atoms with Gasteiger partial charge in [0.25, 0.3) is 5.91 Å². The molecule has 8 nitrogen and oxygen atoms in total. The van der Waals surface area contributed by atoms with Crippen LogP contribution in [0.25, 0.3) is 0 Å². The third-order valence-corrected chi connectivity index (χ3v) is 5.81. The normalized spacial score (nSPS) is 15.6. The number of hydrogen-bond acceptors (Lipinski definition) is 7. The first-order valence-electron chi connectivity index (χ1n) is 10.7. The van der Waals surface area contributed by atoms with Crippen LogP contribution in [0.1, 0.15) is 27.7 Å². The van der Waals surface area contributed by atoms with E-state index in [0.717, 1.165) is 5.56 Å². The van der Waals surface area contributed by atoms with Gasteiger partial charge in [0.05, 0.1) is 39.2 Å². The number of furan rings is 1. The predicted octanol–water partition coefficient (Wildman–Crippen LogP) is 4.13. The summed E-state index contributed by atoms with van der Waals surface area (Å²) in [5.41, 5.74) is 1.56. The van der Waals surface area contributed by atoms with Crippen molar-refractivity contribution in [2.75, 3.05) is 27.9 Å². The van der Waals surface area contributed by atoms with Crippen molar-refractivity contribution in [3.63, 3.8) is 0 Å². The average Bonchev–Trinajstić information content (AvgIpc) is 3.50. The number of amides is 1. The first kappa shape index (κ1) is 23.0. The highest BCUT2D eigenvalue weighted by atomic mass is 16.5. The Balaban J connectivity index is 1.67. The molecule has 1 atom stereocenters. The molecule has 0 saturated heterocycles. The second-order valence-electron chi connectivity index (χ2n) is 7.68. The molecule has 3 aromatic rings. The summed E-state index contributed by atoms with van der Waals surface area (Å²) < 4.78 is 21.1. The second-order valence-corrected chi connectivity index (χ2v) is 7.68. The minimum Gasteiger partial charge on any atom is -0.503 e. The smallest absolute Gasteiger partial charge is 0.290 e. The lowest BCUT2D eigenvalue weighted by Crippen LogP contribution is -2.33. The van der Waals surface area contributed by atoms with Crippen LogP contribution in [0.5, 0.6) is 17.2 Å². The van der Waals surface area contributed by atoms with E-state index in [1.54, 1.807) is 57.7 Å². The standard InChI is InChI=1S/C26H25NO7/c1-31-18-9-7-17(8-10-18)23-22(24(28)20-5-4-14-34-20)25(29)26(30)27(23)13-12-16-6-11-19(32-2)21(15-16)33-3/h4-11,14-15,23,29H,12-13H2,1-3H3/t23-/m0/s1. The van der Waals surface area contributed by atoms with Gasteiger partial charge in [-0.3, -0.25) is 9.59 Å². The molecule has 2 aromatic carbocycles. The number of ether oxygens (including phenoxy) is 3. The molecule has 0 radical (unpaired) electrons. The van der Waals surface area contributed by atoms with Crippen LogP contribution in [0, 0.1) is 0 Å². The Hall–Kier alpha value is -4.20. The van der Waals surface area contributed by atoms with E-state index in [1.807, 2.05) is 12.1 Å². The van der Waals surface area contributed by atoms with Gasteiger partial charge >= 0.3 is 0 Å². The van der Waals surface area contributed by atoms with Gasteiger partial charge in [-0.25, -0.2) is 0 Å². The molecule has 34 heavy (non-hydrogen) atoms. The summed E-state index contributed by atoms with van der Waals surface area (Å²) in [5.74, 6) is 0.141. The lowest BCUT2D eigenvalue weighted by atomic mass is 9.95. The highest BCUT2D eigenvalue weighted by Gasteiger charge is 2.44. The summed E-state index contributed by atoms with van der Waals surface area (Å²) in [6, 6.07) is 14.9. The maximum atomic E-state index is 13.2. The number of benzene rings is 2. The molecular weight excluding hydrogens is 438 g/mol. The number of carbonyl (C=O) groups excluding carboxylic acids is 2. The Morgan fingerprint density at radius 1 is 1.00 bits per heavy atom. The molecule has 0 aliphatic carbocycles. The molecule has 1 aliphatic rings. The van der Waals surface area contributed by atoms with Crippen molar-refractivity contribution in [1.29, 1.82) is 0 Å². The van der Waals surface area contributed by atoms with Crippen molar-refractivity contribution in [3.05, 3.63) is 89.1 Å². The van der Waals surface area contributed by atoms with E-state index in [1.165, 1.54) is 17.2 Å². The first-order valence-corrected chi connectivity index (χ1v) is 10.7. The lowest BCUT2D eigenvalue weighted by molar-refractivity contribution is -0.129. The van der Waals surface area contributed by atoms with Crippen molar-refractivity contribution in [3.8, 4) is 17.2 Å². The molecular formula is C26H25NO7. The molecule has 2 heterocycles. The van der Waals surface area contributed by atoms with E-state index in [2.05, 4.69) is 0 Å². The number of rotatable bonds is 9. The monoisotopic (exact) mass is 463 g/mol. The van der Waals surface area contributed by atoms with Crippen LogP contribution in [-0.4, -0.2) is 49.6 Å². The van der Waals surface area contributed by atoms with Crippen LogP contribution in [0.4, 0.5) is 0 Å². The minimum atomic E-state index is -0.781. The number of ketones is 1. The van der Waals surface area contributed by atoms with Crippen LogP contribution < -0.4 is 14.2 Å². The van der Waals surface area contributed by atoms with Gasteiger partial charge in [0.15, 0.2) is 23.0 Å². The minimum absolute atomic E-state index is 0.0163. The van der Waals surface area contributed by atoms with Crippen LogP contribution in [0.15, 0.2) is 76.6 Å². The molecule has 1 aliphatic heterocycles. The van der Waals surface area contributed by atoms with Crippen LogP contribution >= 0.6 is 0 Å². The molecule has 1 N–H and O–H groups in total. The molecule has 1 amide bonds. The SMILES string of the molecule is COc1ccc([C@H]2C(C(=O)c3ccco3)=C(O)C(=O)N2CCc2ccc(OC)c(OC)c2)cc1.